The zero-order valence-electron chi connectivity index (χ0n) is 15.2. The van der Waals surface area contributed by atoms with Gasteiger partial charge in [-0.15, -0.1) is 0 Å². The van der Waals surface area contributed by atoms with Crippen LogP contribution in [0.2, 0.25) is 0 Å². The largest absolute Gasteiger partial charge is 0.497 e. The van der Waals surface area contributed by atoms with Gasteiger partial charge in [0, 0.05) is 30.7 Å². The van der Waals surface area contributed by atoms with Gasteiger partial charge in [-0.05, 0) is 30.0 Å². The van der Waals surface area contributed by atoms with Gasteiger partial charge in [-0.3, -0.25) is 0 Å². The van der Waals surface area contributed by atoms with Gasteiger partial charge in [-0.1, -0.05) is 13.8 Å². The lowest BCUT2D eigenvalue weighted by Crippen LogP contribution is -2.25. The van der Waals surface area contributed by atoms with E-state index in [4.69, 9.17) is 25.7 Å². The van der Waals surface area contributed by atoms with E-state index in [9.17, 15) is 0 Å². The van der Waals surface area contributed by atoms with Crippen molar-refractivity contribution in [2.24, 2.45) is 16.9 Å². The molecule has 0 fully saturated rings. The Hall–Kier alpha value is -2.34. The van der Waals surface area contributed by atoms with E-state index in [0.29, 0.717) is 19.0 Å². The van der Waals surface area contributed by atoms with Gasteiger partial charge >= 0.3 is 0 Å². The average Bonchev–Trinajstić information content (AvgIpc) is 2.57. The molecule has 1 aromatic carbocycles. The van der Waals surface area contributed by atoms with E-state index in [1.165, 1.54) is 0 Å². The zero-order valence-corrected chi connectivity index (χ0v) is 15.2. The molecule has 0 radical (unpaired) electrons. The SMILES string of the molecule is COCC(C)(C)C(C=C(N)NCc1ccc(OC)cc1OC)=CN. The van der Waals surface area contributed by atoms with Gasteiger partial charge in [0.1, 0.15) is 11.5 Å². The first-order valence-corrected chi connectivity index (χ1v) is 7.71. The third kappa shape index (κ3) is 5.38. The second-order valence-electron chi connectivity index (χ2n) is 6.07. The Balaban J connectivity index is 2.83. The van der Waals surface area contributed by atoms with Crippen LogP contribution in [0, 0.1) is 5.41 Å². The fraction of sp³-hybridized carbons (Fsp3) is 0.444. The number of rotatable bonds is 9. The normalized spacial score (nSPS) is 12.9. The number of methoxy groups -OCH3 is 3. The van der Waals surface area contributed by atoms with Gasteiger partial charge in [-0.2, -0.15) is 0 Å². The van der Waals surface area contributed by atoms with Crippen molar-refractivity contribution in [1.29, 1.82) is 0 Å². The van der Waals surface area contributed by atoms with Crippen molar-refractivity contribution < 1.29 is 14.2 Å². The highest BCUT2D eigenvalue weighted by molar-refractivity contribution is 5.41. The lowest BCUT2D eigenvalue weighted by molar-refractivity contribution is 0.128. The predicted octanol–water partition coefficient (Wildman–Crippen LogP) is 2.11. The van der Waals surface area contributed by atoms with Crippen LogP contribution < -0.4 is 26.3 Å². The van der Waals surface area contributed by atoms with Crippen LogP contribution in [0.5, 0.6) is 11.5 Å². The first-order valence-electron chi connectivity index (χ1n) is 7.71. The Labute approximate surface area is 144 Å². The van der Waals surface area contributed by atoms with Crippen molar-refractivity contribution in [3.63, 3.8) is 0 Å². The number of ether oxygens (including phenoxy) is 3. The summed E-state index contributed by atoms with van der Waals surface area (Å²) in [6, 6.07) is 5.66. The van der Waals surface area contributed by atoms with Crippen molar-refractivity contribution in [2.45, 2.75) is 20.4 Å². The van der Waals surface area contributed by atoms with E-state index in [-0.39, 0.29) is 5.41 Å². The summed E-state index contributed by atoms with van der Waals surface area (Å²) in [6.45, 7) is 5.17. The summed E-state index contributed by atoms with van der Waals surface area (Å²) in [5.41, 5.74) is 13.5. The van der Waals surface area contributed by atoms with E-state index >= 15 is 0 Å². The Morgan fingerprint density at radius 1 is 1.21 bits per heavy atom. The molecule has 0 spiro atoms. The Bertz CT molecular complexity index is 595. The first-order chi connectivity index (χ1) is 11.4. The van der Waals surface area contributed by atoms with Crippen molar-refractivity contribution in [3.05, 3.63) is 47.4 Å². The molecule has 0 saturated heterocycles. The van der Waals surface area contributed by atoms with Gasteiger partial charge in [0.15, 0.2) is 0 Å². The highest BCUT2D eigenvalue weighted by Gasteiger charge is 2.22. The molecule has 0 unspecified atom stereocenters. The van der Waals surface area contributed by atoms with E-state index in [0.717, 1.165) is 22.6 Å². The lowest BCUT2D eigenvalue weighted by atomic mass is 9.85. The van der Waals surface area contributed by atoms with Crippen molar-refractivity contribution in [2.75, 3.05) is 27.9 Å². The van der Waals surface area contributed by atoms with Gasteiger partial charge in [0.25, 0.3) is 0 Å². The van der Waals surface area contributed by atoms with Crippen molar-refractivity contribution in [1.82, 2.24) is 5.32 Å². The minimum Gasteiger partial charge on any atom is -0.497 e. The van der Waals surface area contributed by atoms with E-state index in [2.05, 4.69) is 5.32 Å². The molecule has 0 saturated carbocycles. The molecule has 0 amide bonds. The third-order valence-corrected chi connectivity index (χ3v) is 3.75. The van der Waals surface area contributed by atoms with Crippen LogP contribution in [0.3, 0.4) is 0 Å². The molecule has 0 aliphatic rings. The monoisotopic (exact) mass is 335 g/mol. The van der Waals surface area contributed by atoms with Gasteiger partial charge in [-0.25, -0.2) is 0 Å². The minimum atomic E-state index is -0.229. The Morgan fingerprint density at radius 3 is 2.46 bits per heavy atom. The molecular weight excluding hydrogens is 306 g/mol. The maximum Gasteiger partial charge on any atom is 0.127 e. The molecule has 6 heteroatoms. The van der Waals surface area contributed by atoms with Crippen LogP contribution in [-0.4, -0.2) is 27.9 Å². The summed E-state index contributed by atoms with van der Waals surface area (Å²) >= 11 is 0. The Morgan fingerprint density at radius 2 is 1.92 bits per heavy atom. The van der Waals surface area contributed by atoms with Crippen molar-refractivity contribution >= 4 is 0 Å². The van der Waals surface area contributed by atoms with Crippen molar-refractivity contribution in [3.8, 4) is 11.5 Å². The smallest absolute Gasteiger partial charge is 0.127 e. The zero-order chi connectivity index (χ0) is 18.2. The topological polar surface area (TPSA) is 91.8 Å². The quantitative estimate of drug-likeness (QED) is 0.599. The van der Waals surface area contributed by atoms with E-state index in [1.54, 1.807) is 27.5 Å². The van der Waals surface area contributed by atoms with Gasteiger partial charge in [0.2, 0.25) is 0 Å². The number of hydrogen-bond acceptors (Lipinski definition) is 6. The number of benzene rings is 1. The predicted molar refractivity (Wildman–Crippen MR) is 96.6 cm³/mol. The molecular formula is C18H29N3O3. The summed E-state index contributed by atoms with van der Waals surface area (Å²) < 4.78 is 15.8. The fourth-order valence-electron chi connectivity index (χ4n) is 2.33. The summed E-state index contributed by atoms with van der Waals surface area (Å²) in [7, 11) is 4.91. The second kappa shape index (κ2) is 9.08. The second-order valence-corrected chi connectivity index (χ2v) is 6.07. The Kier molecular flexibility index (Phi) is 7.45. The molecule has 0 aromatic heterocycles. The molecule has 0 bridgehead atoms. The third-order valence-electron chi connectivity index (χ3n) is 3.75. The van der Waals surface area contributed by atoms with E-state index < -0.39 is 0 Å². The number of nitrogens with two attached hydrogens (primary N) is 2. The standard InChI is InChI=1S/C18H29N3O3/c1-18(2,12-22-3)14(10-19)8-17(20)21-11-13-6-7-15(23-4)9-16(13)24-5/h6-10,21H,11-12,19-20H2,1-5H3. The minimum absolute atomic E-state index is 0.229. The molecule has 1 aromatic rings. The van der Waals surface area contributed by atoms with Crippen LogP contribution in [0.25, 0.3) is 0 Å². The summed E-state index contributed by atoms with van der Waals surface area (Å²) in [5, 5.41) is 3.17. The number of allylic oxidation sites excluding steroid dienone is 1. The summed E-state index contributed by atoms with van der Waals surface area (Å²) in [6.07, 6.45) is 3.39. The van der Waals surface area contributed by atoms with Crippen LogP contribution in [0.4, 0.5) is 0 Å². The molecule has 0 aliphatic carbocycles. The van der Waals surface area contributed by atoms with Gasteiger partial charge < -0.3 is 31.0 Å². The summed E-state index contributed by atoms with van der Waals surface area (Å²) in [4.78, 5) is 0. The van der Waals surface area contributed by atoms with Crippen LogP contribution in [0.15, 0.2) is 41.9 Å². The molecule has 5 N–H and O–H groups in total. The molecule has 0 aliphatic heterocycles. The molecule has 6 nitrogen and oxygen atoms in total. The maximum absolute atomic E-state index is 6.09. The highest BCUT2D eigenvalue weighted by Crippen LogP contribution is 2.27. The number of nitrogens with one attached hydrogen (secondary N) is 1. The van der Waals surface area contributed by atoms with Gasteiger partial charge in [0.05, 0.1) is 26.6 Å². The molecule has 1 rings (SSSR count). The van der Waals surface area contributed by atoms with E-state index in [1.807, 2.05) is 38.1 Å². The fourth-order valence-corrected chi connectivity index (χ4v) is 2.33. The van der Waals surface area contributed by atoms with Crippen LogP contribution in [-0.2, 0) is 11.3 Å². The molecule has 24 heavy (non-hydrogen) atoms. The van der Waals surface area contributed by atoms with Crippen LogP contribution >= 0.6 is 0 Å². The van der Waals surface area contributed by atoms with Crippen LogP contribution in [0.1, 0.15) is 19.4 Å². The maximum atomic E-state index is 6.09. The number of hydrogen-bond donors (Lipinski definition) is 3. The molecule has 134 valence electrons. The molecule has 0 atom stereocenters. The lowest BCUT2D eigenvalue weighted by Gasteiger charge is -2.25. The average molecular weight is 335 g/mol. The highest BCUT2D eigenvalue weighted by atomic mass is 16.5. The first kappa shape index (κ1) is 19.7. The summed E-state index contributed by atoms with van der Waals surface area (Å²) in [5.74, 6) is 2.01. The molecule has 0 heterocycles.